The van der Waals surface area contributed by atoms with Gasteiger partial charge in [-0.05, 0) is 56.9 Å². The number of aliphatic hydroxyl groups excluding tert-OH is 2. The number of aliphatic hydroxyl groups is 2. The fraction of sp³-hybridized carbons (Fsp3) is 0.800. The second kappa shape index (κ2) is 5.33. The van der Waals surface area contributed by atoms with E-state index in [0.29, 0.717) is 24.9 Å². The van der Waals surface area contributed by atoms with Crippen molar-refractivity contribution in [2.75, 3.05) is 6.61 Å². The van der Waals surface area contributed by atoms with Crippen LogP contribution in [0.5, 0.6) is 0 Å². The second-order valence-electron chi connectivity index (χ2n) is 8.91. The lowest BCUT2D eigenvalue weighted by Gasteiger charge is -2.70. The molecule has 2 heterocycles. The minimum absolute atomic E-state index is 0.0223. The maximum atomic E-state index is 10.8. The Bertz CT molecular complexity index is 599. The van der Waals surface area contributed by atoms with E-state index in [4.69, 9.17) is 9.15 Å². The molecule has 2 saturated carbocycles. The molecule has 3 aliphatic rings. The van der Waals surface area contributed by atoms with Crippen molar-refractivity contribution >= 4 is 0 Å². The molecule has 0 spiro atoms. The minimum atomic E-state index is -0.520. The monoisotopic (exact) mass is 334 g/mol. The number of ether oxygens (including phenoxy) is 1. The van der Waals surface area contributed by atoms with Gasteiger partial charge in [-0.1, -0.05) is 13.8 Å². The third-order valence-electron chi connectivity index (χ3n) is 8.18. The molecular weight excluding hydrogens is 304 g/mol. The minimum Gasteiger partial charge on any atom is -0.472 e. The normalized spacial score (nSPS) is 49.0. The Hall–Kier alpha value is -0.840. The first-order valence-corrected chi connectivity index (χ1v) is 9.36. The van der Waals surface area contributed by atoms with Gasteiger partial charge in [0.25, 0.3) is 0 Å². The second-order valence-corrected chi connectivity index (χ2v) is 8.91. The molecule has 1 saturated heterocycles. The maximum Gasteiger partial charge on any atom is 0.0968 e. The fourth-order valence-corrected chi connectivity index (χ4v) is 6.27. The summed E-state index contributed by atoms with van der Waals surface area (Å²) in [6.45, 7) is 7.37. The molecule has 2 aliphatic carbocycles. The average molecular weight is 334 g/mol. The number of hydrogen-bond donors (Lipinski definition) is 2. The lowest BCUT2D eigenvalue weighted by molar-refractivity contribution is -0.325. The van der Waals surface area contributed by atoms with Crippen molar-refractivity contribution in [1.29, 1.82) is 0 Å². The Balaban J connectivity index is 1.71. The molecule has 1 aliphatic heterocycles. The molecule has 0 amide bonds. The van der Waals surface area contributed by atoms with Gasteiger partial charge < -0.3 is 19.4 Å². The van der Waals surface area contributed by atoms with Crippen molar-refractivity contribution in [3.05, 3.63) is 24.2 Å². The van der Waals surface area contributed by atoms with Crippen molar-refractivity contribution in [3.8, 4) is 0 Å². The topological polar surface area (TPSA) is 62.8 Å². The molecule has 4 nitrogen and oxygen atoms in total. The van der Waals surface area contributed by atoms with Gasteiger partial charge in [0.1, 0.15) is 0 Å². The molecule has 4 bridgehead atoms. The highest BCUT2D eigenvalue weighted by molar-refractivity contribution is 5.19. The van der Waals surface area contributed by atoms with E-state index in [-0.39, 0.29) is 16.9 Å². The third-order valence-corrected chi connectivity index (χ3v) is 8.18. The van der Waals surface area contributed by atoms with Gasteiger partial charge in [0.2, 0.25) is 0 Å². The molecule has 3 fully saturated rings. The van der Waals surface area contributed by atoms with Gasteiger partial charge in [0.05, 0.1) is 36.9 Å². The standard InChI is InChI=1S/C20H30O4/c1-13-6-8-18(2)16-4-5-17(22)19(18,3)24-12-20(13,16)10-15(21)14-7-9-23-11-14/h7,9,11,13,15-17,21-22H,4-6,8,10,12H2,1-3H3/t13-,15-,16+,17-,18+,19-,20+/m1/s1. The fourth-order valence-electron chi connectivity index (χ4n) is 6.27. The van der Waals surface area contributed by atoms with Crippen LogP contribution in [0.4, 0.5) is 0 Å². The van der Waals surface area contributed by atoms with E-state index < -0.39 is 11.7 Å². The van der Waals surface area contributed by atoms with Gasteiger partial charge in [0, 0.05) is 16.4 Å². The van der Waals surface area contributed by atoms with E-state index in [0.717, 1.165) is 31.2 Å². The van der Waals surface area contributed by atoms with Gasteiger partial charge >= 0.3 is 0 Å². The van der Waals surface area contributed by atoms with Crippen molar-refractivity contribution in [2.24, 2.45) is 22.7 Å². The molecule has 0 aromatic carbocycles. The van der Waals surface area contributed by atoms with Crippen LogP contribution in [0.1, 0.15) is 64.5 Å². The van der Waals surface area contributed by atoms with E-state index in [1.807, 2.05) is 6.07 Å². The smallest absolute Gasteiger partial charge is 0.0968 e. The highest BCUT2D eigenvalue weighted by Gasteiger charge is 2.68. The zero-order chi connectivity index (χ0) is 17.2. The molecule has 2 N–H and O–H groups in total. The van der Waals surface area contributed by atoms with E-state index >= 15 is 0 Å². The van der Waals surface area contributed by atoms with E-state index in [2.05, 4.69) is 20.8 Å². The summed E-state index contributed by atoms with van der Waals surface area (Å²) < 4.78 is 11.6. The van der Waals surface area contributed by atoms with Crippen LogP contribution in [0, 0.1) is 22.7 Å². The van der Waals surface area contributed by atoms with Crippen molar-refractivity contribution in [2.45, 2.75) is 70.7 Å². The Morgan fingerprint density at radius 2 is 2.08 bits per heavy atom. The van der Waals surface area contributed by atoms with Gasteiger partial charge in [-0.15, -0.1) is 0 Å². The first-order valence-electron chi connectivity index (χ1n) is 9.36. The van der Waals surface area contributed by atoms with Gasteiger partial charge in [0.15, 0.2) is 0 Å². The van der Waals surface area contributed by atoms with Crippen molar-refractivity contribution < 1.29 is 19.4 Å². The first-order chi connectivity index (χ1) is 11.3. The average Bonchev–Trinajstić information content (AvgIpc) is 3.08. The molecule has 1 aromatic rings. The molecule has 1 aromatic heterocycles. The summed E-state index contributed by atoms with van der Waals surface area (Å²) in [6, 6.07) is 1.85. The Morgan fingerprint density at radius 3 is 2.79 bits per heavy atom. The van der Waals surface area contributed by atoms with Crippen LogP contribution in [-0.2, 0) is 4.74 Å². The molecule has 0 unspecified atom stereocenters. The predicted octanol–water partition coefficient (Wildman–Crippen LogP) is 3.69. The molecule has 4 rings (SSSR count). The van der Waals surface area contributed by atoms with Crippen LogP contribution in [0.15, 0.2) is 23.0 Å². The summed E-state index contributed by atoms with van der Waals surface area (Å²) in [7, 11) is 0. The Kier molecular flexibility index (Phi) is 3.69. The lowest BCUT2D eigenvalue weighted by atomic mass is 9.41. The van der Waals surface area contributed by atoms with Crippen molar-refractivity contribution in [1.82, 2.24) is 0 Å². The Labute approximate surface area is 144 Å². The molecule has 134 valence electrons. The van der Waals surface area contributed by atoms with E-state index in [1.54, 1.807) is 12.5 Å². The summed E-state index contributed by atoms with van der Waals surface area (Å²) in [5, 5.41) is 21.5. The molecule has 0 radical (unpaired) electrons. The Morgan fingerprint density at radius 1 is 1.29 bits per heavy atom. The SMILES string of the molecule is C[C@@H]1CC[C@@]2(C)[C@@H]3CC[C@@H](O)[C@@]2(C)OC[C@@]13C[C@@H](O)c1ccoc1. The van der Waals surface area contributed by atoms with Crippen LogP contribution >= 0.6 is 0 Å². The van der Waals surface area contributed by atoms with Crippen LogP contribution < -0.4 is 0 Å². The van der Waals surface area contributed by atoms with Crippen LogP contribution in [0.2, 0.25) is 0 Å². The summed E-state index contributed by atoms with van der Waals surface area (Å²) in [5.74, 6) is 0.995. The van der Waals surface area contributed by atoms with Crippen LogP contribution in [0.25, 0.3) is 0 Å². The maximum absolute atomic E-state index is 10.8. The summed E-state index contributed by atoms with van der Waals surface area (Å²) in [4.78, 5) is 0. The largest absolute Gasteiger partial charge is 0.472 e. The summed E-state index contributed by atoms with van der Waals surface area (Å²) in [6.07, 6.45) is 7.12. The highest BCUT2D eigenvalue weighted by Crippen LogP contribution is 2.68. The lowest BCUT2D eigenvalue weighted by Crippen LogP contribution is -2.72. The quantitative estimate of drug-likeness (QED) is 0.885. The molecule has 4 heteroatoms. The van der Waals surface area contributed by atoms with E-state index in [9.17, 15) is 10.2 Å². The zero-order valence-corrected chi connectivity index (χ0v) is 15.0. The van der Waals surface area contributed by atoms with Gasteiger partial charge in [-0.2, -0.15) is 0 Å². The number of furan rings is 1. The van der Waals surface area contributed by atoms with E-state index in [1.165, 1.54) is 0 Å². The van der Waals surface area contributed by atoms with Gasteiger partial charge in [-0.25, -0.2) is 0 Å². The van der Waals surface area contributed by atoms with Gasteiger partial charge in [-0.3, -0.25) is 0 Å². The van der Waals surface area contributed by atoms with Crippen molar-refractivity contribution in [3.63, 3.8) is 0 Å². The van der Waals surface area contributed by atoms with Crippen LogP contribution in [0.3, 0.4) is 0 Å². The van der Waals surface area contributed by atoms with Crippen LogP contribution in [-0.4, -0.2) is 28.5 Å². The number of rotatable bonds is 3. The molecular formula is C20H30O4. The number of hydrogen-bond acceptors (Lipinski definition) is 4. The first kappa shape index (κ1) is 16.6. The summed E-state index contributed by atoms with van der Waals surface area (Å²) >= 11 is 0. The predicted molar refractivity (Wildman–Crippen MR) is 90.3 cm³/mol. The molecule has 7 atom stereocenters. The molecule has 24 heavy (non-hydrogen) atoms. The third kappa shape index (κ3) is 1.96. The zero-order valence-electron chi connectivity index (χ0n) is 15.0. The summed E-state index contributed by atoms with van der Waals surface area (Å²) in [5.41, 5.74) is 0.350. The highest BCUT2D eigenvalue weighted by atomic mass is 16.5.